The van der Waals surface area contributed by atoms with E-state index in [0.717, 1.165) is 31.2 Å². The molecule has 1 spiro atoms. The summed E-state index contributed by atoms with van der Waals surface area (Å²) in [4.78, 5) is 15.0. The van der Waals surface area contributed by atoms with Gasteiger partial charge in [-0.2, -0.15) is 0 Å². The number of nitrogens with zero attached hydrogens (tertiary/aromatic N) is 1. The quantitative estimate of drug-likeness (QED) is 0.911. The molecule has 3 fully saturated rings. The molecule has 3 aliphatic rings. The van der Waals surface area contributed by atoms with Crippen LogP contribution in [0.15, 0.2) is 24.3 Å². The number of likely N-dealkylation sites (tertiary alicyclic amines) is 1. The number of aliphatic hydroxyl groups excluding tert-OH is 1. The summed E-state index contributed by atoms with van der Waals surface area (Å²) in [7, 11) is 0. The fraction of sp³-hybridized carbons (Fsp3) is 0.650. The van der Waals surface area contributed by atoms with Crippen molar-refractivity contribution >= 4 is 5.91 Å². The van der Waals surface area contributed by atoms with Crippen molar-refractivity contribution < 1.29 is 19.0 Å². The Morgan fingerprint density at radius 2 is 2.04 bits per heavy atom. The van der Waals surface area contributed by atoms with Gasteiger partial charge in [0, 0.05) is 31.5 Å². The molecule has 136 valence electrons. The van der Waals surface area contributed by atoms with Crippen LogP contribution in [0.5, 0.6) is 0 Å². The molecule has 0 unspecified atom stereocenters. The van der Waals surface area contributed by atoms with Gasteiger partial charge in [-0.15, -0.1) is 0 Å². The van der Waals surface area contributed by atoms with E-state index in [4.69, 9.17) is 4.74 Å². The molecular weight excluding hydrogens is 321 g/mol. The highest BCUT2D eigenvalue weighted by molar-refractivity contribution is 5.91. The molecule has 25 heavy (non-hydrogen) atoms. The van der Waals surface area contributed by atoms with Gasteiger partial charge in [0.05, 0.1) is 17.6 Å². The summed E-state index contributed by atoms with van der Waals surface area (Å²) in [6.45, 7) is 3.93. The number of carbonyl (C=O) groups excluding carboxylic acids is 1. The van der Waals surface area contributed by atoms with Gasteiger partial charge in [0.1, 0.15) is 5.82 Å². The second-order valence-electron chi connectivity index (χ2n) is 7.81. The predicted octanol–water partition coefficient (Wildman–Crippen LogP) is 2.64. The van der Waals surface area contributed by atoms with Crippen molar-refractivity contribution in [3.8, 4) is 0 Å². The van der Waals surface area contributed by atoms with Crippen molar-refractivity contribution in [1.82, 2.24) is 4.90 Å². The zero-order valence-corrected chi connectivity index (χ0v) is 14.7. The number of halogens is 1. The van der Waals surface area contributed by atoms with E-state index in [0.29, 0.717) is 26.1 Å². The average molecular weight is 347 g/mol. The van der Waals surface area contributed by atoms with Crippen molar-refractivity contribution in [1.29, 1.82) is 0 Å². The minimum Gasteiger partial charge on any atom is -0.392 e. The second-order valence-corrected chi connectivity index (χ2v) is 7.81. The van der Waals surface area contributed by atoms with Gasteiger partial charge in [-0.1, -0.05) is 12.1 Å². The third kappa shape index (κ3) is 2.59. The van der Waals surface area contributed by atoms with E-state index >= 15 is 0 Å². The molecule has 4 rings (SSSR count). The summed E-state index contributed by atoms with van der Waals surface area (Å²) in [6, 6.07) is 6.46. The van der Waals surface area contributed by atoms with Crippen LogP contribution in [0.4, 0.5) is 4.39 Å². The molecule has 2 atom stereocenters. The van der Waals surface area contributed by atoms with E-state index in [1.54, 1.807) is 6.07 Å². The topological polar surface area (TPSA) is 49.8 Å². The molecule has 1 saturated heterocycles. The molecule has 5 heteroatoms. The summed E-state index contributed by atoms with van der Waals surface area (Å²) < 4.78 is 19.4. The molecule has 0 radical (unpaired) electrons. The first-order valence-corrected chi connectivity index (χ1v) is 9.37. The summed E-state index contributed by atoms with van der Waals surface area (Å²) in [5.74, 6) is -0.166. The van der Waals surface area contributed by atoms with Crippen LogP contribution in [0.25, 0.3) is 0 Å². The minimum atomic E-state index is -0.524. The number of aliphatic hydroxyl groups is 1. The first-order chi connectivity index (χ1) is 12.0. The molecular formula is C20H26FNO3. The standard InChI is InChI=1S/C20H26FNO3/c1-2-25-17-13-16(23)20(17)8-10-22(11-9-20)18(24)19(6-7-19)14-4-3-5-15(21)12-14/h3-5,12,16-17,23H,2,6-11,13H2,1H3/t16-,17-/m0/s1. The van der Waals surface area contributed by atoms with E-state index in [1.165, 1.54) is 12.1 Å². The van der Waals surface area contributed by atoms with E-state index in [1.807, 2.05) is 17.9 Å². The largest absolute Gasteiger partial charge is 0.392 e. The number of carbonyl (C=O) groups is 1. The van der Waals surface area contributed by atoms with Crippen LogP contribution in [-0.2, 0) is 14.9 Å². The zero-order chi connectivity index (χ0) is 17.7. The normalized spacial score (nSPS) is 29.3. The van der Waals surface area contributed by atoms with Gasteiger partial charge < -0.3 is 14.7 Å². The number of hydrogen-bond acceptors (Lipinski definition) is 3. The minimum absolute atomic E-state index is 0.114. The second kappa shape index (κ2) is 6.06. The Morgan fingerprint density at radius 3 is 2.60 bits per heavy atom. The molecule has 1 aliphatic heterocycles. The highest BCUT2D eigenvalue weighted by atomic mass is 19.1. The summed E-state index contributed by atoms with van der Waals surface area (Å²) in [5.41, 5.74) is 0.0978. The SMILES string of the molecule is CCO[C@H]1C[C@H](O)C12CCN(C(=O)C1(c3cccc(F)c3)CC1)CC2. The van der Waals surface area contributed by atoms with Crippen molar-refractivity contribution in [2.45, 2.75) is 56.7 Å². The highest BCUT2D eigenvalue weighted by Crippen LogP contribution is 2.53. The molecule has 0 bridgehead atoms. The lowest BCUT2D eigenvalue weighted by atomic mass is 9.58. The van der Waals surface area contributed by atoms with Gasteiger partial charge >= 0.3 is 0 Å². The Balaban J connectivity index is 1.45. The van der Waals surface area contributed by atoms with Crippen LogP contribution >= 0.6 is 0 Å². The molecule has 1 N–H and O–H groups in total. The Hall–Kier alpha value is -1.46. The number of ether oxygens (including phenoxy) is 1. The molecule has 0 aromatic heterocycles. The molecule has 4 nitrogen and oxygen atoms in total. The summed E-state index contributed by atoms with van der Waals surface area (Å²) >= 11 is 0. The smallest absolute Gasteiger partial charge is 0.233 e. The molecule has 1 aromatic carbocycles. The number of benzene rings is 1. The van der Waals surface area contributed by atoms with E-state index in [2.05, 4.69) is 0 Å². The van der Waals surface area contributed by atoms with Crippen molar-refractivity contribution in [2.24, 2.45) is 5.41 Å². The number of hydrogen-bond donors (Lipinski definition) is 1. The first-order valence-electron chi connectivity index (χ1n) is 9.37. The third-order valence-corrected chi connectivity index (χ3v) is 6.63. The molecule has 1 aromatic rings. The van der Waals surface area contributed by atoms with Crippen LogP contribution in [0.2, 0.25) is 0 Å². The average Bonchev–Trinajstić information content (AvgIpc) is 3.43. The van der Waals surface area contributed by atoms with E-state index in [9.17, 15) is 14.3 Å². The van der Waals surface area contributed by atoms with Gasteiger partial charge in [-0.3, -0.25) is 4.79 Å². The summed E-state index contributed by atoms with van der Waals surface area (Å²) in [5, 5.41) is 10.3. The monoisotopic (exact) mass is 347 g/mol. The molecule has 1 heterocycles. The van der Waals surface area contributed by atoms with E-state index < -0.39 is 5.41 Å². The number of amides is 1. The fourth-order valence-electron chi connectivity index (χ4n) is 4.78. The van der Waals surface area contributed by atoms with Crippen molar-refractivity contribution in [3.05, 3.63) is 35.6 Å². The third-order valence-electron chi connectivity index (χ3n) is 6.63. The van der Waals surface area contributed by atoms with Gasteiger partial charge in [-0.25, -0.2) is 4.39 Å². The zero-order valence-electron chi connectivity index (χ0n) is 14.7. The number of piperidine rings is 1. The Morgan fingerprint density at radius 1 is 1.32 bits per heavy atom. The maximum absolute atomic E-state index is 13.6. The molecule has 2 aliphatic carbocycles. The Bertz CT molecular complexity index is 663. The fourth-order valence-corrected chi connectivity index (χ4v) is 4.78. The maximum Gasteiger partial charge on any atom is 0.233 e. The van der Waals surface area contributed by atoms with Gasteiger partial charge in [-0.05, 0) is 50.3 Å². The van der Waals surface area contributed by atoms with Crippen molar-refractivity contribution in [2.75, 3.05) is 19.7 Å². The molecule has 2 saturated carbocycles. The van der Waals surface area contributed by atoms with Crippen LogP contribution in [0.1, 0.15) is 44.6 Å². The molecule has 1 amide bonds. The lowest BCUT2D eigenvalue weighted by molar-refractivity contribution is -0.210. The Labute approximate surface area is 148 Å². The van der Waals surface area contributed by atoms with Gasteiger partial charge in [0.15, 0.2) is 0 Å². The van der Waals surface area contributed by atoms with Crippen LogP contribution in [0.3, 0.4) is 0 Å². The van der Waals surface area contributed by atoms with Crippen LogP contribution in [-0.4, -0.2) is 47.8 Å². The lowest BCUT2D eigenvalue weighted by Gasteiger charge is -2.56. The van der Waals surface area contributed by atoms with Gasteiger partial charge in [0.2, 0.25) is 5.91 Å². The van der Waals surface area contributed by atoms with E-state index in [-0.39, 0.29) is 29.3 Å². The highest BCUT2D eigenvalue weighted by Gasteiger charge is 2.58. The lowest BCUT2D eigenvalue weighted by Crippen LogP contribution is -2.63. The van der Waals surface area contributed by atoms with Gasteiger partial charge in [0.25, 0.3) is 0 Å². The van der Waals surface area contributed by atoms with Crippen LogP contribution in [0, 0.1) is 11.2 Å². The van der Waals surface area contributed by atoms with Crippen LogP contribution < -0.4 is 0 Å². The summed E-state index contributed by atoms with van der Waals surface area (Å²) in [6.07, 6.45) is 3.65. The number of rotatable bonds is 4. The maximum atomic E-state index is 13.6. The predicted molar refractivity (Wildman–Crippen MR) is 91.6 cm³/mol. The van der Waals surface area contributed by atoms with Crippen molar-refractivity contribution in [3.63, 3.8) is 0 Å². The Kier molecular flexibility index (Phi) is 4.12. The first kappa shape index (κ1) is 17.0.